The second-order valence-electron chi connectivity index (χ2n) is 12.5. The molecule has 2 aromatic heterocycles. The summed E-state index contributed by atoms with van der Waals surface area (Å²) in [7, 11) is 0. The molecule has 2 aromatic carbocycles. The first-order valence-electron chi connectivity index (χ1n) is 16.7. The number of aryl methyl sites for hydroxylation is 4. The molecule has 2 fully saturated rings. The Morgan fingerprint density at radius 3 is 1.26 bits per heavy atom. The molecule has 6 nitrogen and oxygen atoms in total. The van der Waals surface area contributed by atoms with Gasteiger partial charge in [0.15, 0.2) is 0 Å². The minimum atomic E-state index is 0. The van der Waals surface area contributed by atoms with E-state index in [9.17, 15) is 0 Å². The molecular weight excluding hydrogens is 619 g/mol. The SMILES string of the molecule is CC=[N-].CC=[N-].Cc1cccc(C)c1-c1ccc(CN2CCC[C@H]2[C@@H]2CCCN2Cc2ccc(-c3c(C)cccc3C)cn2)nc1.[Mn]. The fraction of sp³-hybridized carbons (Fsp3) is 0.400. The molecular formula is C40H50MnN6-2. The van der Waals surface area contributed by atoms with E-state index in [1.807, 2.05) is 0 Å². The molecule has 0 N–H and O–H groups in total. The molecule has 0 bridgehead atoms. The first-order valence-corrected chi connectivity index (χ1v) is 16.7. The number of nitrogens with zero attached hydrogens (tertiary/aromatic N) is 6. The zero-order valence-corrected chi connectivity index (χ0v) is 30.1. The van der Waals surface area contributed by atoms with Crippen LogP contribution in [0.5, 0.6) is 0 Å². The van der Waals surface area contributed by atoms with Gasteiger partial charge in [-0.3, -0.25) is 19.8 Å². The maximum atomic E-state index is 7.44. The molecule has 4 aromatic rings. The fourth-order valence-corrected chi connectivity index (χ4v) is 7.26. The van der Waals surface area contributed by atoms with Gasteiger partial charge in [-0.15, -0.1) is 0 Å². The summed E-state index contributed by atoms with van der Waals surface area (Å²) in [6.45, 7) is 16.1. The Hall–Kier alpha value is -3.48. The van der Waals surface area contributed by atoms with Crippen molar-refractivity contribution in [2.45, 2.75) is 92.4 Å². The van der Waals surface area contributed by atoms with E-state index in [1.54, 1.807) is 13.8 Å². The third-order valence-electron chi connectivity index (χ3n) is 9.19. The topological polar surface area (TPSA) is 76.9 Å². The smallest absolute Gasteiger partial charge is 0.0544 e. The molecule has 0 spiro atoms. The van der Waals surface area contributed by atoms with Gasteiger partial charge >= 0.3 is 0 Å². The average molecular weight is 670 g/mol. The summed E-state index contributed by atoms with van der Waals surface area (Å²) in [5, 5.41) is 14.9. The summed E-state index contributed by atoms with van der Waals surface area (Å²) in [6.07, 6.45) is 11.3. The van der Waals surface area contributed by atoms with Gasteiger partial charge in [0, 0.05) is 65.8 Å². The number of pyridine rings is 2. The van der Waals surface area contributed by atoms with Crippen LogP contribution in [-0.4, -0.2) is 57.4 Å². The van der Waals surface area contributed by atoms with Crippen LogP contribution >= 0.6 is 0 Å². The number of benzene rings is 2. The second kappa shape index (κ2) is 18.8. The Morgan fingerprint density at radius 2 is 0.957 bits per heavy atom. The maximum Gasteiger partial charge on any atom is 0.0544 e. The Labute approximate surface area is 293 Å². The Bertz CT molecular complexity index is 1410. The van der Waals surface area contributed by atoms with E-state index >= 15 is 0 Å². The van der Waals surface area contributed by atoms with Crippen LogP contribution in [0.25, 0.3) is 33.1 Å². The Kier molecular flexibility index (Phi) is 15.2. The van der Waals surface area contributed by atoms with Gasteiger partial charge in [0.1, 0.15) is 0 Å². The summed E-state index contributed by atoms with van der Waals surface area (Å²) in [5.41, 5.74) is 12.7. The van der Waals surface area contributed by atoms with Gasteiger partial charge in [-0.2, -0.15) is 0 Å². The van der Waals surface area contributed by atoms with Crippen LogP contribution in [0.2, 0.25) is 0 Å². The van der Waals surface area contributed by atoms with Crippen LogP contribution in [0.4, 0.5) is 0 Å². The molecule has 6 rings (SSSR count). The van der Waals surface area contributed by atoms with Crippen molar-refractivity contribution in [1.29, 1.82) is 0 Å². The molecule has 2 saturated heterocycles. The predicted molar refractivity (Wildman–Crippen MR) is 195 cm³/mol. The van der Waals surface area contributed by atoms with Gasteiger partial charge in [-0.1, -0.05) is 62.4 Å². The third kappa shape index (κ3) is 9.77. The Morgan fingerprint density at radius 1 is 0.617 bits per heavy atom. The fourth-order valence-electron chi connectivity index (χ4n) is 7.26. The van der Waals surface area contributed by atoms with Crippen LogP contribution in [0, 0.1) is 27.7 Å². The van der Waals surface area contributed by atoms with Gasteiger partial charge in [0.25, 0.3) is 0 Å². The monoisotopic (exact) mass is 669 g/mol. The molecule has 0 saturated carbocycles. The summed E-state index contributed by atoms with van der Waals surface area (Å²) in [6, 6.07) is 23.2. The summed E-state index contributed by atoms with van der Waals surface area (Å²) in [4.78, 5) is 15.2. The van der Waals surface area contributed by atoms with Gasteiger partial charge in [-0.25, -0.2) is 12.4 Å². The maximum absolute atomic E-state index is 7.44. The Balaban J connectivity index is 0.000000799. The second-order valence-corrected chi connectivity index (χ2v) is 12.5. The number of hydrogen-bond donors (Lipinski definition) is 0. The summed E-state index contributed by atoms with van der Waals surface area (Å²) < 4.78 is 0. The molecule has 0 amide bonds. The van der Waals surface area contributed by atoms with Crippen molar-refractivity contribution >= 4 is 12.4 Å². The van der Waals surface area contributed by atoms with Gasteiger partial charge in [-0.05, 0) is 112 Å². The van der Waals surface area contributed by atoms with Crippen LogP contribution in [0.1, 0.15) is 73.2 Å². The number of aromatic nitrogens is 2. The largest absolute Gasteiger partial charge is 0.814 e. The molecule has 249 valence electrons. The van der Waals surface area contributed by atoms with E-state index in [4.69, 9.17) is 20.8 Å². The van der Waals surface area contributed by atoms with Crippen LogP contribution in [0.15, 0.2) is 73.1 Å². The minimum Gasteiger partial charge on any atom is -0.814 e. The van der Waals surface area contributed by atoms with Crippen LogP contribution in [0.3, 0.4) is 0 Å². The molecule has 4 heterocycles. The molecule has 2 aliphatic heterocycles. The van der Waals surface area contributed by atoms with E-state index < -0.39 is 0 Å². The zero-order chi connectivity index (χ0) is 33.1. The van der Waals surface area contributed by atoms with Crippen molar-refractivity contribution in [3.05, 3.63) is 118 Å². The molecule has 2 atom stereocenters. The average Bonchev–Trinajstić information content (AvgIpc) is 3.68. The first-order chi connectivity index (χ1) is 22.3. The van der Waals surface area contributed by atoms with Gasteiger partial charge in [0.2, 0.25) is 0 Å². The standard InChI is InChI=1S/C36H42N4.2C2H4N.Mn/c1-25-9-5-10-26(2)35(25)29-15-17-31(37-21-29)23-39-19-7-13-33(39)34-14-8-20-40(34)24-32-18-16-30(22-38-32)36-27(3)11-6-12-28(36)4;2*1-2-3;/h5-6,9-12,15-18,21-22,33-34H,7-8,13-14,19-20,23-24H2,1-4H3;2*2H,1H3;/q;2*-1;/t33-,34-;;;/m0.../s1. The van der Waals surface area contributed by atoms with E-state index in [-0.39, 0.29) is 17.1 Å². The normalized spacial score (nSPS) is 17.5. The van der Waals surface area contributed by atoms with Crippen molar-refractivity contribution in [1.82, 2.24) is 19.8 Å². The molecule has 47 heavy (non-hydrogen) atoms. The van der Waals surface area contributed by atoms with E-state index in [0.717, 1.165) is 38.6 Å². The number of hydrogen-bond acceptors (Lipinski definition) is 4. The van der Waals surface area contributed by atoms with E-state index in [2.05, 4.69) is 111 Å². The molecule has 7 heteroatoms. The number of likely N-dealkylation sites (tertiary alicyclic amines) is 2. The molecule has 1 radical (unpaired) electrons. The van der Waals surface area contributed by atoms with Crippen LogP contribution < -0.4 is 0 Å². The molecule has 0 aliphatic carbocycles. The van der Waals surface area contributed by atoms with Crippen molar-refractivity contribution in [2.75, 3.05) is 13.1 Å². The van der Waals surface area contributed by atoms with Crippen molar-refractivity contribution in [2.24, 2.45) is 0 Å². The zero-order valence-electron chi connectivity index (χ0n) is 29.0. The van der Waals surface area contributed by atoms with Crippen molar-refractivity contribution in [3.8, 4) is 22.3 Å². The third-order valence-corrected chi connectivity index (χ3v) is 9.19. The summed E-state index contributed by atoms with van der Waals surface area (Å²) in [5.74, 6) is 0. The molecule has 2 aliphatic rings. The predicted octanol–water partition coefficient (Wildman–Crippen LogP) is 8.96. The van der Waals surface area contributed by atoms with Gasteiger partial charge < -0.3 is 10.8 Å². The number of rotatable bonds is 7. The van der Waals surface area contributed by atoms with E-state index in [0.29, 0.717) is 12.1 Å². The molecule has 0 unspecified atom stereocenters. The van der Waals surface area contributed by atoms with Gasteiger partial charge in [0.05, 0.1) is 11.4 Å². The van der Waals surface area contributed by atoms with Crippen molar-refractivity contribution in [3.63, 3.8) is 0 Å². The summed E-state index contributed by atoms with van der Waals surface area (Å²) >= 11 is 0. The van der Waals surface area contributed by atoms with Crippen LogP contribution in [-0.2, 0) is 30.2 Å². The van der Waals surface area contributed by atoms with Crippen molar-refractivity contribution < 1.29 is 17.1 Å². The quantitative estimate of drug-likeness (QED) is 0.145. The van der Waals surface area contributed by atoms with E-state index in [1.165, 1.54) is 81.6 Å². The minimum absolute atomic E-state index is 0. The first kappa shape index (κ1) is 38.0.